The fourth-order valence-corrected chi connectivity index (χ4v) is 2.41. The lowest BCUT2D eigenvalue weighted by Crippen LogP contribution is -2.09. The van der Waals surface area contributed by atoms with E-state index < -0.39 is 0 Å². The van der Waals surface area contributed by atoms with Crippen LogP contribution in [0.3, 0.4) is 0 Å². The summed E-state index contributed by atoms with van der Waals surface area (Å²) in [7, 11) is 1.63. The van der Waals surface area contributed by atoms with Crippen molar-refractivity contribution in [2.75, 3.05) is 12.4 Å². The van der Waals surface area contributed by atoms with Gasteiger partial charge in [-0.15, -0.1) is 0 Å². The number of hydrogen-bond acceptors (Lipinski definition) is 2. The molecule has 4 heteroatoms. The van der Waals surface area contributed by atoms with E-state index in [1.807, 2.05) is 38.1 Å². The monoisotopic (exact) mass is 337 g/mol. The van der Waals surface area contributed by atoms with Crippen molar-refractivity contribution in [3.8, 4) is 5.75 Å². The molecule has 0 aromatic heterocycles. The zero-order valence-corrected chi connectivity index (χ0v) is 13.3. The average molecular weight is 338 g/mol. The Kier molecular flexibility index (Phi) is 4.65. The van der Waals surface area contributed by atoms with Crippen LogP contribution in [0.2, 0.25) is 0 Å². The lowest BCUT2D eigenvalue weighted by atomic mass is 10.1. The molecule has 0 aliphatic rings. The van der Waals surface area contributed by atoms with Crippen LogP contribution in [0, 0.1) is 12.7 Å². The van der Waals surface area contributed by atoms with Gasteiger partial charge >= 0.3 is 0 Å². The Balaban J connectivity index is 2.25. The number of ether oxygens (including phenoxy) is 1. The molecule has 0 heterocycles. The second-order valence-corrected chi connectivity index (χ2v) is 5.65. The third-order valence-electron chi connectivity index (χ3n) is 3.16. The van der Waals surface area contributed by atoms with Crippen LogP contribution in [0.1, 0.15) is 24.1 Å². The summed E-state index contributed by atoms with van der Waals surface area (Å²) >= 11 is 3.26. The van der Waals surface area contributed by atoms with Gasteiger partial charge in [0.15, 0.2) is 0 Å². The molecule has 2 nitrogen and oxygen atoms in total. The number of halogens is 2. The van der Waals surface area contributed by atoms with E-state index in [1.165, 1.54) is 6.07 Å². The molecule has 2 rings (SSSR count). The van der Waals surface area contributed by atoms with Crippen molar-refractivity contribution < 1.29 is 9.13 Å². The highest BCUT2D eigenvalue weighted by molar-refractivity contribution is 9.10. The normalized spacial score (nSPS) is 12.1. The maximum Gasteiger partial charge on any atom is 0.142 e. The number of hydrogen-bond donors (Lipinski definition) is 1. The van der Waals surface area contributed by atoms with Crippen LogP contribution >= 0.6 is 15.9 Å². The van der Waals surface area contributed by atoms with Gasteiger partial charge in [0.05, 0.1) is 18.8 Å². The molecular formula is C16H17BrFNO. The van der Waals surface area contributed by atoms with Gasteiger partial charge in [0.1, 0.15) is 11.6 Å². The molecule has 1 N–H and O–H groups in total. The Hall–Kier alpha value is -1.55. The minimum absolute atomic E-state index is 0.153. The first-order valence-electron chi connectivity index (χ1n) is 6.37. The number of anilines is 1. The van der Waals surface area contributed by atoms with E-state index >= 15 is 0 Å². The molecule has 0 aliphatic carbocycles. The van der Waals surface area contributed by atoms with Crippen LogP contribution in [0.4, 0.5) is 10.1 Å². The van der Waals surface area contributed by atoms with Gasteiger partial charge in [-0.25, -0.2) is 4.39 Å². The van der Waals surface area contributed by atoms with E-state index in [1.54, 1.807) is 13.2 Å². The molecule has 2 aromatic rings. The van der Waals surface area contributed by atoms with Gasteiger partial charge in [0.2, 0.25) is 0 Å². The molecule has 0 spiro atoms. The van der Waals surface area contributed by atoms with E-state index in [0.29, 0.717) is 5.56 Å². The average Bonchev–Trinajstić information content (AvgIpc) is 2.40. The summed E-state index contributed by atoms with van der Waals surface area (Å²) in [5.74, 6) is 0.528. The van der Waals surface area contributed by atoms with Gasteiger partial charge in [0, 0.05) is 10.0 Å². The Labute approximate surface area is 127 Å². The number of aryl methyl sites for hydroxylation is 1. The first-order valence-corrected chi connectivity index (χ1v) is 7.16. The summed E-state index contributed by atoms with van der Waals surface area (Å²) < 4.78 is 20.0. The van der Waals surface area contributed by atoms with Crippen molar-refractivity contribution >= 4 is 21.6 Å². The molecule has 0 aliphatic heterocycles. The summed E-state index contributed by atoms with van der Waals surface area (Å²) in [6.07, 6.45) is 0. The molecular weight excluding hydrogens is 321 g/mol. The molecule has 0 radical (unpaired) electrons. The number of methoxy groups -OCH3 is 1. The fourth-order valence-electron chi connectivity index (χ4n) is 2.08. The van der Waals surface area contributed by atoms with Gasteiger partial charge in [0.25, 0.3) is 0 Å². The zero-order valence-electron chi connectivity index (χ0n) is 11.7. The summed E-state index contributed by atoms with van der Waals surface area (Å²) in [6.45, 7) is 3.93. The van der Waals surface area contributed by atoms with Crippen LogP contribution in [-0.4, -0.2) is 7.11 Å². The van der Waals surface area contributed by atoms with Crippen molar-refractivity contribution in [3.63, 3.8) is 0 Å². The van der Waals surface area contributed by atoms with Gasteiger partial charge in [-0.1, -0.05) is 28.1 Å². The van der Waals surface area contributed by atoms with E-state index in [9.17, 15) is 4.39 Å². The molecule has 2 aromatic carbocycles. The Bertz CT molecular complexity index is 615. The third kappa shape index (κ3) is 3.31. The van der Waals surface area contributed by atoms with Gasteiger partial charge < -0.3 is 10.1 Å². The quantitative estimate of drug-likeness (QED) is 0.840. The standard InChI is InChI=1S/C16H17BrFNO/c1-10-4-7-15(16(8-10)20-3)19-11(2)13-6-5-12(17)9-14(13)18/h4-9,11,19H,1-3H3. The van der Waals surface area contributed by atoms with Crippen molar-refractivity contribution in [2.24, 2.45) is 0 Å². The molecule has 1 unspecified atom stereocenters. The smallest absolute Gasteiger partial charge is 0.142 e. The Morgan fingerprint density at radius 2 is 1.95 bits per heavy atom. The maximum atomic E-state index is 13.9. The minimum atomic E-state index is -0.231. The number of nitrogens with one attached hydrogen (secondary N) is 1. The summed E-state index contributed by atoms with van der Waals surface area (Å²) in [5, 5.41) is 3.28. The van der Waals surface area contributed by atoms with Gasteiger partial charge in [-0.2, -0.15) is 0 Å². The van der Waals surface area contributed by atoms with Crippen molar-refractivity contribution in [1.29, 1.82) is 0 Å². The molecule has 1 atom stereocenters. The lowest BCUT2D eigenvalue weighted by Gasteiger charge is -2.19. The Morgan fingerprint density at radius 3 is 2.60 bits per heavy atom. The predicted molar refractivity (Wildman–Crippen MR) is 83.9 cm³/mol. The zero-order chi connectivity index (χ0) is 14.7. The fraction of sp³-hybridized carbons (Fsp3) is 0.250. The third-order valence-corrected chi connectivity index (χ3v) is 3.65. The van der Waals surface area contributed by atoms with Crippen molar-refractivity contribution in [1.82, 2.24) is 0 Å². The van der Waals surface area contributed by atoms with E-state index in [2.05, 4.69) is 21.2 Å². The highest BCUT2D eigenvalue weighted by atomic mass is 79.9. The molecule has 0 amide bonds. The van der Waals surface area contributed by atoms with Crippen molar-refractivity contribution in [3.05, 3.63) is 57.8 Å². The van der Waals surface area contributed by atoms with E-state index in [-0.39, 0.29) is 11.9 Å². The van der Waals surface area contributed by atoms with E-state index in [0.717, 1.165) is 21.5 Å². The van der Waals surface area contributed by atoms with Crippen molar-refractivity contribution in [2.45, 2.75) is 19.9 Å². The first kappa shape index (κ1) is 14.9. The van der Waals surface area contributed by atoms with Crippen LogP contribution in [0.5, 0.6) is 5.75 Å². The molecule has 0 saturated heterocycles. The lowest BCUT2D eigenvalue weighted by molar-refractivity contribution is 0.415. The molecule has 0 bridgehead atoms. The van der Waals surface area contributed by atoms with Crippen LogP contribution < -0.4 is 10.1 Å². The first-order chi connectivity index (χ1) is 9.51. The maximum absolute atomic E-state index is 13.9. The van der Waals surface area contributed by atoms with Gasteiger partial charge in [-0.05, 0) is 43.7 Å². The topological polar surface area (TPSA) is 21.3 Å². The summed E-state index contributed by atoms with van der Waals surface area (Å²) in [4.78, 5) is 0. The number of rotatable bonds is 4. The number of benzene rings is 2. The SMILES string of the molecule is COc1cc(C)ccc1NC(C)c1ccc(Br)cc1F. The largest absolute Gasteiger partial charge is 0.495 e. The van der Waals surface area contributed by atoms with Crippen LogP contribution in [0.25, 0.3) is 0 Å². The molecule has 106 valence electrons. The highest BCUT2D eigenvalue weighted by Crippen LogP contribution is 2.30. The molecule has 20 heavy (non-hydrogen) atoms. The van der Waals surface area contributed by atoms with Crippen LogP contribution in [-0.2, 0) is 0 Å². The molecule has 0 saturated carbocycles. The van der Waals surface area contributed by atoms with E-state index in [4.69, 9.17) is 4.74 Å². The highest BCUT2D eigenvalue weighted by Gasteiger charge is 2.13. The van der Waals surface area contributed by atoms with Crippen LogP contribution in [0.15, 0.2) is 40.9 Å². The second kappa shape index (κ2) is 6.27. The second-order valence-electron chi connectivity index (χ2n) is 4.74. The van der Waals surface area contributed by atoms with Gasteiger partial charge in [-0.3, -0.25) is 0 Å². The predicted octanol–water partition coefficient (Wildman–Crippen LogP) is 5.08. The Morgan fingerprint density at radius 1 is 1.20 bits per heavy atom. The summed E-state index contributed by atoms with van der Waals surface area (Å²) in [5.41, 5.74) is 2.60. The summed E-state index contributed by atoms with van der Waals surface area (Å²) in [6, 6.07) is 10.8. The minimum Gasteiger partial charge on any atom is -0.495 e. The molecule has 0 fully saturated rings.